The largest absolute Gasteiger partial charge is 0.504 e. The fourth-order valence-electron chi connectivity index (χ4n) is 2.06. The molecule has 1 aliphatic rings. The Bertz CT molecular complexity index is 441. The van der Waals surface area contributed by atoms with Crippen LogP contribution in [-0.2, 0) is 4.74 Å². The molecule has 18 heavy (non-hydrogen) atoms. The summed E-state index contributed by atoms with van der Waals surface area (Å²) < 4.78 is 5.27. The molecule has 0 saturated carbocycles. The Morgan fingerprint density at radius 2 is 2.28 bits per heavy atom. The Hall–Kier alpha value is -1.75. The van der Waals surface area contributed by atoms with Gasteiger partial charge in [-0.1, -0.05) is 6.07 Å². The lowest BCUT2D eigenvalue weighted by Gasteiger charge is -2.19. The predicted molar refractivity (Wildman–Crippen MR) is 65.6 cm³/mol. The molecule has 3 N–H and O–H groups in total. The molecule has 0 aromatic heterocycles. The number of phenols is 2. The maximum absolute atomic E-state index is 12.0. The number of rotatable bonds is 3. The van der Waals surface area contributed by atoms with Gasteiger partial charge >= 0.3 is 0 Å². The fraction of sp³-hybridized carbons (Fsp3) is 0.462. The average Bonchev–Trinajstić information content (AvgIpc) is 2.86. The van der Waals surface area contributed by atoms with Crippen LogP contribution in [0.2, 0.25) is 0 Å². The summed E-state index contributed by atoms with van der Waals surface area (Å²) in [6.07, 6.45) is 0.924. The van der Waals surface area contributed by atoms with Crippen LogP contribution in [0.25, 0.3) is 0 Å². The second-order valence-electron chi connectivity index (χ2n) is 4.56. The van der Waals surface area contributed by atoms with E-state index in [9.17, 15) is 15.0 Å². The first-order valence-corrected chi connectivity index (χ1v) is 5.99. The molecule has 1 fully saturated rings. The molecule has 1 heterocycles. The van der Waals surface area contributed by atoms with Gasteiger partial charge in [-0.3, -0.25) is 4.79 Å². The molecule has 1 aromatic carbocycles. The minimum atomic E-state index is -0.386. The zero-order valence-corrected chi connectivity index (χ0v) is 10.2. The van der Waals surface area contributed by atoms with Crippen molar-refractivity contribution in [2.75, 3.05) is 13.2 Å². The monoisotopic (exact) mass is 251 g/mol. The van der Waals surface area contributed by atoms with E-state index in [-0.39, 0.29) is 29.0 Å². The summed E-state index contributed by atoms with van der Waals surface area (Å²) >= 11 is 0. The number of hydrogen-bond donors (Lipinski definition) is 3. The molecule has 0 bridgehead atoms. The molecule has 2 atom stereocenters. The summed E-state index contributed by atoms with van der Waals surface area (Å²) in [5.74, 6) is -0.763. The normalized spacial score (nSPS) is 20.6. The zero-order valence-electron chi connectivity index (χ0n) is 10.2. The highest BCUT2D eigenvalue weighted by molar-refractivity contribution is 5.97. The van der Waals surface area contributed by atoms with Gasteiger partial charge in [-0.25, -0.2) is 0 Å². The van der Waals surface area contributed by atoms with Crippen molar-refractivity contribution in [3.8, 4) is 11.5 Å². The second-order valence-corrected chi connectivity index (χ2v) is 4.56. The van der Waals surface area contributed by atoms with Crippen molar-refractivity contribution >= 4 is 5.91 Å². The first-order valence-electron chi connectivity index (χ1n) is 5.99. The molecule has 2 unspecified atom stereocenters. The standard InChI is InChI=1S/C13H17NO4/c1-8(9-5-6-18-7-9)14-13(17)10-3-2-4-11(15)12(10)16/h2-4,8-9,15-16H,5-7H2,1H3,(H,14,17). The summed E-state index contributed by atoms with van der Waals surface area (Å²) in [5, 5.41) is 21.8. The predicted octanol–water partition coefficient (Wildman–Crippen LogP) is 1.25. The lowest BCUT2D eigenvalue weighted by Crippen LogP contribution is -2.38. The van der Waals surface area contributed by atoms with Crippen LogP contribution in [0.1, 0.15) is 23.7 Å². The van der Waals surface area contributed by atoms with Gasteiger partial charge in [0.05, 0.1) is 12.2 Å². The van der Waals surface area contributed by atoms with Crippen LogP contribution in [-0.4, -0.2) is 35.4 Å². The third-order valence-corrected chi connectivity index (χ3v) is 3.29. The van der Waals surface area contributed by atoms with Crippen molar-refractivity contribution in [3.63, 3.8) is 0 Å². The number of ether oxygens (including phenoxy) is 1. The van der Waals surface area contributed by atoms with Crippen LogP contribution < -0.4 is 5.32 Å². The molecule has 2 rings (SSSR count). The number of aromatic hydroxyl groups is 2. The number of hydrogen-bond acceptors (Lipinski definition) is 4. The molecule has 5 heteroatoms. The highest BCUT2D eigenvalue weighted by Crippen LogP contribution is 2.28. The van der Waals surface area contributed by atoms with E-state index in [1.807, 2.05) is 6.92 Å². The van der Waals surface area contributed by atoms with Crippen LogP contribution >= 0.6 is 0 Å². The summed E-state index contributed by atoms with van der Waals surface area (Å²) in [4.78, 5) is 12.0. The number of nitrogens with one attached hydrogen (secondary N) is 1. The van der Waals surface area contributed by atoms with Gasteiger partial charge in [0.15, 0.2) is 11.5 Å². The third kappa shape index (κ3) is 2.56. The van der Waals surface area contributed by atoms with E-state index in [1.165, 1.54) is 18.2 Å². The van der Waals surface area contributed by atoms with Crippen LogP contribution in [0.3, 0.4) is 0 Å². The summed E-state index contributed by atoms with van der Waals surface area (Å²) in [6, 6.07) is 4.30. The highest BCUT2D eigenvalue weighted by Gasteiger charge is 2.24. The van der Waals surface area contributed by atoms with Gasteiger partial charge in [-0.15, -0.1) is 0 Å². The molecule has 98 valence electrons. The average molecular weight is 251 g/mol. The summed E-state index contributed by atoms with van der Waals surface area (Å²) in [6.45, 7) is 3.28. The van der Waals surface area contributed by atoms with Crippen molar-refractivity contribution in [1.29, 1.82) is 0 Å². The Labute approximate surface area is 105 Å². The molecule has 0 radical (unpaired) electrons. The molecular weight excluding hydrogens is 234 g/mol. The Balaban J connectivity index is 2.05. The SMILES string of the molecule is CC(NC(=O)c1cccc(O)c1O)C1CCOC1. The van der Waals surface area contributed by atoms with E-state index < -0.39 is 0 Å². The van der Waals surface area contributed by atoms with E-state index in [4.69, 9.17) is 4.74 Å². The van der Waals surface area contributed by atoms with Gasteiger partial charge in [0.2, 0.25) is 0 Å². The van der Waals surface area contributed by atoms with E-state index >= 15 is 0 Å². The van der Waals surface area contributed by atoms with E-state index in [0.29, 0.717) is 12.5 Å². The van der Waals surface area contributed by atoms with Gasteiger partial charge in [0.25, 0.3) is 5.91 Å². The first-order chi connectivity index (χ1) is 8.59. The molecule has 1 amide bonds. The van der Waals surface area contributed by atoms with Crippen LogP contribution in [0, 0.1) is 5.92 Å². The van der Waals surface area contributed by atoms with Crippen molar-refractivity contribution in [1.82, 2.24) is 5.32 Å². The minimum absolute atomic E-state index is 0.0262. The summed E-state index contributed by atoms with van der Waals surface area (Å²) in [5.41, 5.74) is 0.0840. The first kappa shape index (κ1) is 12.7. The van der Waals surface area contributed by atoms with Crippen molar-refractivity contribution in [2.45, 2.75) is 19.4 Å². The quantitative estimate of drug-likeness (QED) is 0.706. The number of phenolic OH excluding ortho intramolecular Hbond substituents is 2. The second kappa shape index (κ2) is 5.27. The lowest BCUT2D eigenvalue weighted by atomic mass is 10.0. The maximum Gasteiger partial charge on any atom is 0.255 e. The molecule has 0 spiro atoms. The lowest BCUT2D eigenvalue weighted by molar-refractivity contribution is 0.0919. The van der Waals surface area contributed by atoms with Gasteiger partial charge in [0, 0.05) is 18.6 Å². The van der Waals surface area contributed by atoms with Crippen LogP contribution in [0.5, 0.6) is 11.5 Å². The Morgan fingerprint density at radius 3 is 2.94 bits per heavy atom. The smallest absolute Gasteiger partial charge is 0.255 e. The highest BCUT2D eigenvalue weighted by atomic mass is 16.5. The Kier molecular flexibility index (Phi) is 3.72. The van der Waals surface area contributed by atoms with Gasteiger partial charge in [-0.2, -0.15) is 0 Å². The molecule has 0 aliphatic carbocycles. The number of amides is 1. The third-order valence-electron chi connectivity index (χ3n) is 3.29. The van der Waals surface area contributed by atoms with Crippen molar-refractivity contribution in [2.24, 2.45) is 5.92 Å². The fourth-order valence-corrected chi connectivity index (χ4v) is 2.06. The molecule has 1 aliphatic heterocycles. The zero-order chi connectivity index (χ0) is 13.1. The number of para-hydroxylation sites is 1. The maximum atomic E-state index is 12.0. The molecule has 1 saturated heterocycles. The van der Waals surface area contributed by atoms with E-state index in [0.717, 1.165) is 13.0 Å². The van der Waals surface area contributed by atoms with Crippen LogP contribution in [0.4, 0.5) is 0 Å². The van der Waals surface area contributed by atoms with Gasteiger partial charge in [-0.05, 0) is 25.5 Å². The summed E-state index contributed by atoms with van der Waals surface area (Å²) in [7, 11) is 0. The minimum Gasteiger partial charge on any atom is -0.504 e. The molecule has 5 nitrogen and oxygen atoms in total. The van der Waals surface area contributed by atoms with E-state index in [2.05, 4.69) is 5.32 Å². The number of carbonyl (C=O) groups excluding carboxylic acids is 1. The molecular formula is C13H17NO4. The van der Waals surface area contributed by atoms with Crippen molar-refractivity contribution in [3.05, 3.63) is 23.8 Å². The number of carbonyl (C=O) groups is 1. The molecule has 1 aromatic rings. The van der Waals surface area contributed by atoms with E-state index in [1.54, 1.807) is 0 Å². The van der Waals surface area contributed by atoms with Gasteiger partial charge < -0.3 is 20.3 Å². The van der Waals surface area contributed by atoms with Gasteiger partial charge in [0.1, 0.15) is 0 Å². The topological polar surface area (TPSA) is 78.8 Å². The number of benzene rings is 1. The van der Waals surface area contributed by atoms with Crippen molar-refractivity contribution < 1.29 is 19.7 Å². The Morgan fingerprint density at radius 1 is 1.50 bits per heavy atom. The van der Waals surface area contributed by atoms with Crippen LogP contribution in [0.15, 0.2) is 18.2 Å².